The number of hydrogen-bond donors (Lipinski definition) is 1. The van der Waals surface area contributed by atoms with E-state index in [0.29, 0.717) is 12.3 Å². The molecule has 0 aliphatic carbocycles. The van der Waals surface area contributed by atoms with E-state index in [1.807, 2.05) is 42.5 Å². The predicted octanol–water partition coefficient (Wildman–Crippen LogP) is 3.18. The number of furan rings is 1. The zero-order chi connectivity index (χ0) is 15.9. The molecule has 0 aliphatic heterocycles. The standard InChI is InChI=1S/C18H16N2O3/c21-18(20-12-14-5-4-10-19-11-14)17-9-8-16(23-17)13-22-15-6-2-1-3-7-15/h1-11H,12-13H2,(H,20,21). The van der Waals surface area contributed by atoms with Crippen LogP contribution in [0.3, 0.4) is 0 Å². The van der Waals surface area contributed by atoms with Gasteiger partial charge >= 0.3 is 0 Å². The van der Waals surface area contributed by atoms with Crippen molar-refractivity contribution in [3.63, 3.8) is 0 Å². The van der Waals surface area contributed by atoms with Gasteiger partial charge in [-0.05, 0) is 35.9 Å². The number of para-hydroxylation sites is 1. The summed E-state index contributed by atoms with van der Waals surface area (Å²) in [5.74, 6) is 1.35. The topological polar surface area (TPSA) is 64.4 Å². The number of carbonyl (C=O) groups is 1. The molecule has 0 aliphatic rings. The quantitative estimate of drug-likeness (QED) is 0.759. The van der Waals surface area contributed by atoms with E-state index in [1.54, 1.807) is 24.5 Å². The van der Waals surface area contributed by atoms with Gasteiger partial charge in [-0.15, -0.1) is 0 Å². The maximum atomic E-state index is 12.0. The molecule has 0 atom stereocenters. The minimum absolute atomic E-state index is 0.264. The first-order valence-electron chi connectivity index (χ1n) is 7.25. The van der Waals surface area contributed by atoms with Gasteiger partial charge in [0, 0.05) is 18.9 Å². The molecule has 5 heteroatoms. The molecular weight excluding hydrogens is 292 g/mol. The Morgan fingerprint density at radius 1 is 1.09 bits per heavy atom. The Morgan fingerprint density at radius 3 is 2.74 bits per heavy atom. The van der Waals surface area contributed by atoms with Crippen molar-refractivity contribution >= 4 is 5.91 Å². The molecule has 1 amide bonds. The average Bonchev–Trinajstić information content (AvgIpc) is 3.09. The second-order valence-electron chi connectivity index (χ2n) is 4.91. The molecule has 2 aromatic heterocycles. The average molecular weight is 308 g/mol. The summed E-state index contributed by atoms with van der Waals surface area (Å²) in [5.41, 5.74) is 0.931. The molecule has 1 N–H and O–H groups in total. The number of carbonyl (C=O) groups excluding carboxylic acids is 1. The number of ether oxygens (including phenoxy) is 1. The number of nitrogens with zero attached hydrogens (tertiary/aromatic N) is 1. The smallest absolute Gasteiger partial charge is 0.287 e. The van der Waals surface area contributed by atoms with Crippen molar-refractivity contribution in [3.05, 3.63) is 84.1 Å². The van der Waals surface area contributed by atoms with Gasteiger partial charge in [0.25, 0.3) is 5.91 Å². The Balaban J connectivity index is 1.53. The Hall–Kier alpha value is -3.08. The van der Waals surface area contributed by atoms with Crippen LogP contribution in [-0.4, -0.2) is 10.9 Å². The molecule has 0 saturated heterocycles. The van der Waals surface area contributed by atoms with E-state index < -0.39 is 0 Å². The number of benzene rings is 1. The molecule has 5 nitrogen and oxygen atoms in total. The van der Waals surface area contributed by atoms with Crippen LogP contribution in [0.4, 0.5) is 0 Å². The van der Waals surface area contributed by atoms with E-state index in [9.17, 15) is 4.79 Å². The Labute approximate surface area is 133 Å². The summed E-state index contributed by atoms with van der Waals surface area (Å²) in [6, 6.07) is 16.6. The van der Waals surface area contributed by atoms with E-state index in [-0.39, 0.29) is 18.3 Å². The highest BCUT2D eigenvalue weighted by molar-refractivity contribution is 5.91. The maximum Gasteiger partial charge on any atom is 0.287 e. The number of amides is 1. The molecule has 1 aromatic carbocycles. The van der Waals surface area contributed by atoms with Crippen LogP contribution in [0.25, 0.3) is 0 Å². The molecule has 0 fully saturated rings. The second-order valence-corrected chi connectivity index (χ2v) is 4.91. The van der Waals surface area contributed by atoms with Gasteiger partial charge in [0.05, 0.1) is 0 Å². The molecule has 0 saturated carbocycles. The fourth-order valence-electron chi connectivity index (χ4n) is 2.02. The molecule has 0 unspecified atom stereocenters. The highest BCUT2D eigenvalue weighted by atomic mass is 16.5. The minimum Gasteiger partial charge on any atom is -0.486 e. The summed E-state index contributed by atoms with van der Waals surface area (Å²) < 4.78 is 11.1. The third-order valence-electron chi connectivity index (χ3n) is 3.19. The SMILES string of the molecule is O=C(NCc1cccnc1)c1ccc(COc2ccccc2)o1. The van der Waals surface area contributed by atoms with Crippen LogP contribution >= 0.6 is 0 Å². The van der Waals surface area contributed by atoms with Crippen molar-refractivity contribution in [2.45, 2.75) is 13.2 Å². The predicted molar refractivity (Wildman–Crippen MR) is 84.9 cm³/mol. The Kier molecular flexibility index (Phi) is 4.69. The van der Waals surface area contributed by atoms with E-state index in [0.717, 1.165) is 11.3 Å². The lowest BCUT2D eigenvalue weighted by Gasteiger charge is -2.04. The van der Waals surface area contributed by atoms with Crippen LogP contribution < -0.4 is 10.1 Å². The van der Waals surface area contributed by atoms with Crippen LogP contribution in [0.5, 0.6) is 5.75 Å². The first-order valence-corrected chi connectivity index (χ1v) is 7.25. The highest BCUT2D eigenvalue weighted by Gasteiger charge is 2.11. The number of nitrogens with one attached hydrogen (secondary N) is 1. The van der Waals surface area contributed by atoms with Crippen molar-refractivity contribution in [2.75, 3.05) is 0 Å². The van der Waals surface area contributed by atoms with Gasteiger partial charge in [0.15, 0.2) is 5.76 Å². The van der Waals surface area contributed by atoms with E-state index in [4.69, 9.17) is 9.15 Å². The Bertz CT molecular complexity index is 754. The van der Waals surface area contributed by atoms with Crippen molar-refractivity contribution in [1.29, 1.82) is 0 Å². The van der Waals surface area contributed by atoms with Gasteiger partial charge in [0.2, 0.25) is 0 Å². The molecule has 2 heterocycles. The second kappa shape index (κ2) is 7.26. The lowest BCUT2D eigenvalue weighted by Crippen LogP contribution is -2.22. The van der Waals surface area contributed by atoms with Crippen LogP contribution in [0.15, 0.2) is 71.4 Å². The summed E-state index contributed by atoms with van der Waals surface area (Å²) in [5, 5.41) is 2.79. The van der Waals surface area contributed by atoms with Gasteiger partial charge in [0.1, 0.15) is 18.1 Å². The molecule has 3 aromatic rings. The van der Waals surface area contributed by atoms with E-state index in [2.05, 4.69) is 10.3 Å². The van der Waals surface area contributed by atoms with Gasteiger partial charge < -0.3 is 14.5 Å². The van der Waals surface area contributed by atoms with Crippen molar-refractivity contribution in [3.8, 4) is 5.75 Å². The zero-order valence-electron chi connectivity index (χ0n) is 12.4. The molecular formula is C18H16N2O3. The van der Waals surface area contributed by atoms with Crippen molar-refractivity contribution in [1.82, 2.24) is 10.3 Å². The molecule has 0 radical (unpaired) electrons. The normalized spacial score (nSPS) is 10.3. The van der Waals surface area contributed by atoms with Crippen molar-refractivity contribution < 1.29 is 13.9 Å². The van der Waals surface area contributed by atoms with Crippen LogP contribution in [0.2, 0.25) is 0 Å². The Morgan fingerprint density at radius 2 is 1.96 bits per heavy atom. The number of aromatic nitrogens is 1. The molecule has 116 valence electrons. The fourth-order valence-corrected chi connectivity index (χ4v) is 2.02. The first-order chi connectivity index (χ1) is 11.3. The van der Waals surface area contributed by atoms with Gasteiger partial charge in [-0.1, -0.05) is 24.3 Å². The monoisotopic (exact) mass is 308 g/mol. The summed E-state index contributed by atoms with van der Waals surface area (Å²) in [7, 11) is 0. The summed E-state index contributed by atoms with van der Waals surface area (Å²) >= 11 is 0. The van der Waals surface area contributed by atoms with Gasteiger partial charge in [-0.3, -0.25) is 9.78 Å². The molecule has 0 bridgehead atoms. The van der Waals surface area contributed by atoms with Crippen LogP contribution in [-0.2, 0) is 13.2 Å². The zero-order valence-corrected chi connectivity index (χ0v) is 12.4. The number of hydrogen-bond acceptors (Lipinski definition) is 4. The summed E-state index contributed by atoms with van der Waals surface area (Å²) in [4.78, 5) is 16.0. The molecule has 0 spiro atoms. The fraction of sp³-hybridized carbons (Fsp3) is 0.111. The van der Waals surface area contributed by atoms with Crippen LogP contribution in [0, 0.1) is 0 Å². The summed E-state index contributed by atoms with van der Waals surface area (Å²) in [6.45, 7) is 0.684. The van der Waals surface area contributed by atoms with Gasteiger partial charge in [-0.2, -0.15) is 0 Å². The first kappa shape index (κ1) is 14.8. The third-order valence-corrected chi connectivity index (χ3v) is 3.19. The lowest BCUT2D eigenvalue weighted by atomic mass is 10.3. The molecule has 3 rings (SSSR count). The minimum atomic E-state index is -0.264. The van der Waals surface area contributed by atoms with E-state index in [1.165, 1.54) is 0 Å². The lowest BCUT2D eigenvalue weighted by molar-refractivity contribution is 0.0919. The van der Waals surface area contributed by atoms with Crippen molar-refractivity contribution in [2.24, 2.45) is 0 Å². The van der Waals surface area contributed by atoms with E-state index >= 15 is 0 Å². The van der Waals surface area contributed by atoms with Gasteiger partial charge in [-0.25, -0.2) is 0 Å². The number of rotatable bonds is 6. The number of pyridine rings is 1. The van der Waals surface area contributed by atoms with Crippen LogP contribution in [0.1, 0.15) is 21.9 Å². The third kappa shape index (κ3) is 4.20. The molecule has 23 heavy (non-hydrogen) atoms. The summed E-state index contributed by atoms with van der Waals surface area (Å²) in [6.07, 6.45) is 3.40. The maximum absolute atomic E-state index is 12.0. The largest absolute Gasteiger partial charge is 0.486 e. The highest BCUT2D eigenvalue weighted by Crippen LogP contribution is 2.14.